The van der Waals surface area contributed by atoms with Crippen LogP contribution in [-0.2, 0) is 0 Å². The summed E-state index contributed by atoms with van der Waals surface area (Å²) in [6.07, 6.45) is 0. The quantitative estimate of drug-likeness (QED) is 0.762. The summed E-state index contributed by atoms with van der Waals surface area (Å²) in [6, 6.07) is 14.7. The lowest BCUT2D eigenvalue weighted by molar-refractivity contribution is 0.100. The number of hydrogen-bond acceptors (Lipinski definition) is 3. The van der Waals surface area contributed by atoms with Crippen LogP contribution in [0.4, 0.5) is 5.82 Å². The highest BCUT2D eigenvalue weighted by molar-refractivity contribution is 6.31. The molecule has 0 bridgehead atoms. The molecule has 3 rings (SSSR count). The van der Waals surface area contributed by atoms with Crippen molar-refractivity contribution in [2.45, 2.75) is 0 Å². The Labute approximate surface area is 126 Å². The molecular formula is C16H12ClN3O. The summed E-state index contributed by atoms with van der Waals surface area (Å²) in [4.78, 5) is 16.1. The molecule has 0 aliphatic carbocycles. The Balaban J connectivity index is 2.50. The number of carbonyl (C=O) groups is 1. The molecule has 0 aliphatic heterocycles. The van der Waals surface area contributed by atoms with Gasteiger partial charge in [0.05, 0.1) is 11.1 Å². The van der Waals surface area contributed by atoms with Gasteiger partial charge in [-0.25, -0.2) is 4.98 Å². The van der Waals surface area contributed by atoms with E-state index >= 15 is 0 Å². The van der Waals surface area contributed by atoms with Crippen LogP contribution in [0.15, 0.2) is 48.5 Å². The molecule has 0 fully saturated rings. The third-order valence-corrected chi connectivity index (χ3v) is 3.52. The zero-order valence-corrected chi connectivity index (χ0v) is 11.8. The van der Waals surface area contributed by atoms with Gasteiger partial charge in [0.15, 0.2) is 0 Å². The van der Waals surface area contributed by atoms with Crippen molar-refractivity contribution in [1.29, 1.82) is 0 Å². The molecule has 104 valence electrons. The number of carbonyl (C=O) groups excluding carboxylic acids is 1. The van der Waals surface area contributed by atoms with Crippen LogP contribution in [0.3, 0.4) is 0 Å². The molecule has 0 atom stereocenters. The van der Waals surface area contributed by atoms with E-state index in [1.54, 1.807) is 18.2 Å². The summed E-state index contributed by atoms with van der Waals surface area (Å²) in [5, 5.41) is 1.30. The van der Waals surface area contributed by atoms with Gasteiger partial charge < -0.3 is 11.5 Å². The third-order valence-electron chi connectivity index (χ3n) is 3.28. The number of hydrogen-bond donors (Lipinski definition) is 2. The molecule has 0 aliphatic rings. The Bertz CT molecular complexity index is 847. The van der Waals surface area contributed by atoms with Crippen molar-refractivity contribution >= 4 is 34.2 Å². The first-order valence-electron chi connectivity index (χ1n) is 6.32. The second-order valence-corrected chi connectivity index (χ2v) is 5.08. The molecule has 1 aromatic heterocycles. The first-order chi connectivity index (χ1) is 10.1. The first kappa shape index (κ1) is 13.4. The Hall–Kier alpha value is -2.59. The maximum atomic E-state index is 11.8. The summed E-state index contributed by atoms with van der Waals surface area (Å²) in [5.41, 5.74) is 13.8. The fourth-order valence-corrected chi connectivity index (χ4v) is 2.58. The van der Waals surface area contributed by atoms with Gasteiger partial charge in [0.1, 0.15) is 5.82 Å². The monoisotopic (exact) mass is 297 g/mol. The standard InChI is InChI=1S/C16H12ClN3O/c17-10-6-7-12-11(8-10)13(9-4-2-1-3-5-9)14(16(19)21)15(18)20-12/h1-8H,(H2,18,20)(H2,19,21). The van der Waals surface area contributed by atoms with Gasteiger partial charge in [-0.1, -0.05) is 41.9 Å². The molecule has 4 N–H and O–H groups in total. The fraction of sp³-hybridized carbons (Fsp3) is 0. The van der Waals surface area contributed by atoms with E-state index in [0.717, 1.165) is 10.9 Å². The maximum Gasteiger partial charge on any atom is 0.253 e. The second-order valence-electron chi connectivity index (χ2n) is 4.64. The van der Waals surface area contributed by atoms with Crippen molar-refractivity contribution in [2.24, 2.45) is 5.73 Å². The molecule has 1 heterocycles. The van der Waals surface area contributed by atoms with Crippen LogP contribution in [0.25, 0.3) is 22.0 Å². The molecule has 3 aromatic rings. The predicted molar refractivity (Wildman–Crippen MR) is 85.1 cm³/mol. The Kier molecular flexibility index (Phi) is 3.23. The van der Waals surface area contributed by atoms with E-state index in [1.807, 2.05) is 30.3 Å². The number of amides is 1. The van der Waals surface area contributed by atoms with E-state index in [4.69, 9.17) is 23.1 Å². The molecule has 2 aromatic carbocycles. The van der Waals surface area contributed by atoms with Gasteiger partial charge >= 0.3 is 0 Å². The van der Waals surface area contributed by atoms with Gasteiger partial charge in [-0.15, -0.1) is 0 Å². The lowest BCUT2D eigenvalue weighted by Gasteiger charge is -2.13. The minimum Gasteiger partial charge on any atom is -0.383 e. The first-order valence-corrected chi connectivity index (χ1v) is 6.69. The molecule has 4 nitrogen and oxygen atoms in total. The summed E-state index contributed by atoms with van der Waals surface area (Å²) >= 11 is 6.07. The van der Waals surface area contributed by atoms with E-state index < -0.39 is 5.91 Å². The highest BCUT2D eigenvalue weighted by atomic mass is 35.5. The van der Waals surface area contributed by atoms with Crippen LogP contribution >= 0.6 is 11.6 Å². The van der Waals surface area contributed by atoms with Gasteiger partial charge in [-0.2, -0.15) is 0 Å². The van der Waals surface area contributed by atoms with Gasteiger partial charge in [-0.05, 0) is 23.8 Å². The third kappa shape index (κ3) is 2.30. The highest BCUT2D eigenvalue weighted by Gasteiger charge is 2.19. The maximum absolute atomic E-state index is 11.8. The minimum atomic E-state index is -0.610. The van der Waals surface area contributed by atoms with Crippen molar-refractivity contribution in [1.82, 2.24) is 4.98 Å². The number of nitrogens with two attached hydrogens (primary N) is 2. The van der Waals surface area contributed by atoms with E-state index in [-0.39, 0.29) is 11.4 Å². The lowest BCUT2D eigenvalue weighted by atomic mass is 9.95. The number of rotatable bonds is 2. The van der Waals surface area contributed by atoms with Crippen LogP contribution in [0, 0.1) is 0 Å². The number of anilines is 1. The highest BCUT2D eigenvalue weighted by Crippen LogP contribution is 2.35. The molecule has 0 unspecified atom stereocenters. The van der Waals surface area contributed by atoms with Gasteiger partial charge in [0, 0.05) is 16.0 Å². The molecule has 0 saturated heterocycles. The topological polar surface area (TPSA) is 82.0 Å². The predicted octanol–water partition coefficient (Wildman–Crippen LogP) is 3.24. The largest absolute Gasteiger partial charge is 0.383 e. The fourth-order valence-electron chi connectivity index (χ4n) is 2.41. The molecule has 1 amide bonds. The summed E-state index contributed by atoms with van der Waals surface area (Å²) in [5.74, 6) is -0.489. The van der Waals surface area contributed by atoms with E-state index in [0.29, 0.717) is 16.1 Å². The van der Waals surface area contributed by atoms with E-state index in [2.05, 4.69) is 4.98 Å². The molecule has 0 spiro atoms. The average Bonchev–Trinajstić information content (AvgIpc) is 2.47. The molecule has 21 heavy (non-hydrogen) atoms. The summed E-state index contributed by atoms with van der Waals surface area (Å²) in [7, 11) is 0. The van der Waals surface area contributed by atoms with Crippen molar-refractivity contribution in [3.63, 3.8) is 0 Å². The molecule has 0 saturated carbocycles. The normalized spacial score (nSPS) is 10.7. The average molecular weight is 298 g/mol. The van der Waals surface area contributed by atoms with Crippen molar-refractivity contribution in [3.8, 4) is 11.1 Å². The Morgan fingerprint density at radius 2 is 1.81 bits per heavy atom. The number of halogens is 1. The number of nitrogen functional groups attached to an aromatic ring is 1. The number of pyridine rings is 1. The lowest BCUT2D eigenvalue weighted by Crippen LogP contribution is -2.16. The SMILES string of the molecule is NC(=O)c1c(N)nc2ccc(Cl)cc2c1-c1ccccc1. The number of fused-ring (bicyclic) bond motifs is 1. The second kappa shape index (κ2) is 5.07. The van der Waals surface area contributed by atoms with Crippen LogP contribution in [0.5, 0.6) is 0 Å². The van der Waals surface area contributed by atoms with Crippen molar-refractivity contribution in [2.75, 3.05) is 5.73 Å². The van der Waals surface area contributed by atoms with Gasteiger partial charge in [0.25, 0.3) is 5.91 Å². The summed E-state index contributed by atoms with van der Waals surface area (Å²) < 4.78 is 0. The molecule has 5 heteroatoms. The van der Waals surface area contributed by atoms with Gasteiger partial charge in [-0.3, -0.25) is 4.79 Å². The summed E-state index contributed by atoms with van der Waals surface area (Å²) in [6.45, 7) is 0. The Morgan fingerprint density at radius 3 is 2.48 bits per heavy atom. The number of nitrogens with zero attached hydrogens (tertiary/aromatic N) is 1. The van der Waals surface area contributed by atoms with Crippen LogP contribution < -0.4 is 11.5 Å². The number of primary amides is 1. The van der Waals surface area contributed by atoms with E-state index in [9.17, 15) is 4.79 Å². The van der Waals surface area contributed by atoms with E-state index in [1.165, 1.54) is 0 Å². The zero-order chi connectivity index (χ0) is 15.0. The van der Waals surface area contributed by atoms with Crippen LogP contribution in [0.2, 0.25) is 5.02 Å². The zero-order valence-electron chi connectivity index (χ0n) is 11.0. The molecular weight excluding hydrogens is 286 g/mol. The Morgan fingerprint density at radius 1 is 1.10 bits per heavy atom. The van der Waals surface area contributed by atoms with Crippen LogP contribution in [-0.4, -0.2) is 10.9 Å². The van der Waals surface area contributed by atoms with Gasteiger partial charge in [0.2, 0.25) is 0 Å². The van der Waals surface area contributed by atoms with Crippen molar-refractivity contribution < 1.29 is 4.79 Å². The van der Waals surface area contributed by atoms with Crippen LogP contribution in [0.1, 0.15) is 10.4 Å². The number of aromatic nitrogens is 1. The molecule has 0 radical (unpaired) electrons. The smallest absolute Gasteiger partial charge is 0.253 e. The number of benzene rings is 2. The minimum absolute atomic E-state index is 0.121. The van der Waals surface area contributed by atoms with Crippen molar-refractivity contribution in [3.05, 3.63) is 59.1 Å².